The lowest BCUT2D eigenvalue weighted by molar-refractivity contribution is 0.235. The molecular formula is C14H21BrO3. The van der Waals surface area contributed by atoms with Crippen LogP contribution < -0.4 is 9.47 Å². The maximum absolute atomic E-state index is 9.18. The number of aliphatic hydroxyl groups is 1. The van der Waals surface area contributed by atoms with Crippen molar-refractivity contribution in [3.05, 3.63) is 22.2 Å². The minimum Gasteiger partial charge on any atom is -0.490 e. The Labute approximate surface area is 117 Å². The predicted octanol–water partition coefficient (Wildman–Crippen LogP) is 3.77. The van der Waals surface area contributed by atoms with Gasteiger partial charge in [0.05, 0.1) is 24.3 Å². The lowest BCUT2D eigenvalue weighted by Crippen LogP contribution is -2.09. The molecule has 0 aliphatic rings. The minimum absolute atomic E-state index is 0.00961. The Bertz CT molecular complexity index is 380. The summed E-state index contributed by atoms with van der Waals surface area (Å²) < 4.78 is 12.2. The molecule has 18 heavy (non-hydrogen) atoms. The number of aliphatic hydroxyl groups excluding tert-OH is 1. The molecule has 1 N–H and O–H groups in total. The fraction of sp³-hybridized carbons (Fsp3) is 0.571. The Hall–Kier alpha value is -0.740. The van der Waals surface area contributed by atoms with Gasteiger partial charge in [0.1, 0.15) is 0 Å². The molecule has 4 heteroatoms. The van der Waals surface area contributed by atoms with Gasteiger partial charge in [-0.05, 0) is 46.5 Å². The first-order valence-corrected chi connectivity index (χ1v) is 7.10. The van der Waals surface area contributed by atoms with E-state index in [9.17, 15) is 5.11 Å². The molecule has 0 aliphatic carbocycles. The van der Waals surface area contributed by atoms with Crippen LogP contribution in [0.25, 0.3) is 0 Å². The van der Waals surface area contributed by atoms with Crippen LogP contribution in [-0.2, 0) is 6.61 Å². The fourth-order valence-corrected chi connectivity index (χ4v) is 2.06. The summed E-state index contributed by atoms with van der Waals surface area (Å²) in [6.07, 6.45) is 1.08. The standard InChI is InChI=1S/C14H21BrO3/c1-4-10(3)9-18-14-12(15)6-11(8-16)7-13(14)17-5-2/h6-7,10,16H,4-5,8-9H2,1-3H3. The zero-order chi connectivity index (χ0) is 13.5. The van der Waals surface area contributed by atoms with Gasteiger partial charge in [-0.1, -0.05) is 20.3 Å². The molecular weight excluding hydrogens is 296 g/mol. The maximum Gasteiger partial charge on any atom is 0.175 e. The Morgan fingerprint density at radius 3 is 2.56 bits per heavy atom. The highest BCUT2D eigenvalue weighted by Crippen LogP contribution is 2.37. The van der Waals surface area contributed by atoms with E-state index < -0.39 is 0 Å². The van der Waals surface area contributed by atoms with Crippen molar-refractivity contribution in [2.24, 2.45) is 5.92 Å². The lowest BCUT2D eigenvalue weighted by atomic mass is 10.1. The van der Waals surface area contributed by atoms with E-state index in [1.165, 1.54) is 0 Å². The monoisotopic (exact) mass is 316 g/mol. The third-order valence-electron chi connectivity index (χ3n) is 2.76. The summed E-state index contributed by atoms with van der Waals surface area (Å²) in [5, 5.41) is 9.18. The van der Waals surface area contributed by atoms with E-state index in [1.54, 1.807) is 0 Å². The number of ether oxygens (including phenoxy) is 2. The van der Waals surface area contributed by atoms with Crippen molar-refractivity contribution >= 4 is 15.9 Å². The number of halogens is 1. The molecule has 0 spiro atoms. The molecule has 1 aromatic carbocycles. The van der Waals surface area contributed by atoms with Crippen molar-refractivity contribution in [3.8, 4) is 11.5 Å². The minimum atomic E-state index is -0.00961. The first-order chi connectivity index (χ1) is 8.62. The van der Waals surface area contributed by atoms with Crippen molar-refractivity contribution < 1.29 is 14.6 Å². The molecule has 0 saturated carbocycles. The van der Waals surface area contributed by atoms with E-state index in [4.69, 9.17) is 9.47 Å². The molecule has 1 rings (SSSR count). The molecule has 1 unspecified atom stereocenters. The molecule has 0 radical (unpaired) electrons. The van der Waals surface area contributed by atoms with Gasteiger partial charge in [0.25, 0.3) is 0 Å². The van der Waals surface area contributed by atoms with E-state index >= 15 is 0 Å². The van der Waals surface area contributed by atoms with Crippen LogP contribution in [0.4, 0.5) is 0 Å². The third kappa shape index (κ3) is 4.18. The average molecular weight is 317 g/mol. The largest absolute Gasteiger partial charge is 0.490 e. The molecule has 0 aliphatic heterocycles. The summed E-state index contributed by atoms with van der Waals surface area (Å²) >= 11 is 3.46. The van der Waals surface area contributed by atoms with Gasteiger partial charge < -0.3 is 14.6 Å². The van der Waals surface area contributed by atoms with Gasteiger partial charge in [0.15, 0.2) is 11.5 Å². The van der Waals surface area contributed by atoms with Crippen molar-refractivity contribution in [1.82, 2.24) is 0 Å². The summed E-state index contributed by atoms with van der Waals surface area (Å²) in [4.78, 5) is 0. The third-order valence-corrected chi connectivity index (χ3v) is 3.35. The van der Waals surface area contributed by atoms with Gasteiger partial charge in [0, 0.05) is 0 Å². The summed E-state index contributed by atoms with van der Waals surface area (Å²) in [6, 6.07) is 3.68. The molecule has 0 heterocycles. The van der Waals surface area contributed by atoms with Crippen LogP contribution in [0, 0.1) is 5.92 Å². The Balaban J connectivity index is 2.92. The van der Waals surface area contributed by atoms with E-state index in [2.05, 4.69) is 29.8 Å². The first-order valence-electron chi connectivity index (χ1n) is 6.31. The zero-order valence-electron chi connectivity index (χ0n) is 11.2. The Morgan fingerprint density at radius 1 is 1.28 bits per heavy atom. The van der Waals surface area contributed by atoms with E-state index in [0.717, 1.165) is 16.5 Å². The molecule has 1 atom stereocenters. The van der Waals surface area contributed by atoms with Crippen LogP contribution in [0.1, 0.15) is 32.8 Å². The van der Waals surface area contributed by atoms with Gasteiger partial charge in [-0.15, -0.1) is 0 Å². The highest BCUT2D eigenvalue weighted by atomic mass is 79.9. The SMILES string of the molecule is CCOc1cc(CO)cc(Br)c1OCC(C)CC. The number of hydrogen-bond donors (Lipinski definition) is 1. The van der Waals surface area contributed by atoms with Crippen LogP contribution in [0.5, 0.6) is 11.5 Å². The molecule has 0 fully saturated rings. The molecule has 0 aromatic heterocycles. The molecule has 102 valence electrons. The van der Waals surface area contributed by atoms with Crippen LogP contribution in [0.2, 0.25) is 0 Å². The maximum atomic E-state index is 9.18. The van der Waals surface area contributed by atoms with Crippen molar-refractivity contribution in [1.29, 1.82) is 0 Å². The summed E-state index contributed by atoms with van der Waals surface area (Å²) in [7, 11) is 0. The van der Waals surface area contributed by atoms with Crippen molar-refractivity contribution in [2.45, 2.75) is 33.8 Å². The van der Waals surface area contributed by atoms with Crippen molar-refractivity contribution in [3.63, 3.8) is 0 Å². The van der Waals surface area contributed by atoms with Crippen LogP contribution in [-0.4, -0.2) is 18.3 Å². The van der Waals surface area contributed by atoms with Gasteiger partial charge in [-0.2, -0.15) is 0 Å². The topological polar surface area (TPSA) is 38.7 Å². The van der Waals surface area contributed by atoms with Gasteiger partial charge >= 0.3 is 0 Å². The normalized spacial score (nSPS) is 12.3. The summed E-state index contributed by atoms with van der Waals surface area (Å²) in [6.45, 7) is 7.44. The van der Waals surface area contributed by atoms with E-state index in [-0.39, 0.29) is 6.61 Å². The van der Waals surface area contributed by atoms with E-state index in [1.807, 2.05) is 19.1 Å². The molecule has 0 amide bonds. The zero-order valence-corrected chi connectivity index (χ0v) is 12.8. The Kier molecular flexibility index (Phi) is 6.50. The quantitative estimate of drug-likeness (QED) is 0.832. The molecule has 3 nitrogen and oxygen atoms in total. The summed E-state index contributed by atoms with van der Waals surface area (Å²) in [5.74, 6) is 1.90. The van der Waals surface area contributed by atoms with Crippen LogP contribution >= 0.6 is 15.9 Å². The second-order valence-electron chi connectivity index (χ2n) is 4.32. The van der Waals surface area contributed by atoms with Crippen molar-refractivity contribution in [2.75, 3.05) is 13.2 Å². The lowest BCUT2D eigenvalue weighted by Gasteiger charge is -2.17. The fourth-order valence-electron chi connectivity index (χ4n) is 1.46. The number of benzene rings is 1. The second kappa shape index (κ2) is 7.64. The average Bonchev–Trinajstić information content (AvgIpc) is 2.37. The smallest absolute Gasteiger partial charge is 0.175 e. The van der Waals surface area contributed by atoms with E-state index in [0.29, 0.717) is 30.6 Å². The highest BCUT2D eigenvalue weighted by molar-refractivity contribution is 9.10. The first kappa shape index (κ1) is 15.3. The van der Waals surface area contributed by atoms with Gasteiger partial charge in [-0.25, -0.2) is 0 Å². The van der Waals surface area contributed by atoms with Gasteiger partial charge in [-0.3, -0.25) is 0 Å². The molecule has 1 aromatic rings. The Morgan fingerprint density at radius 2 is 2.00 bits per heavy atom. The van der Waals surface area contributed by atoms with Crippen LogP contribution in [0.3, 0.4) is 0 Å². The summed E-state index contributed by atoms with van der Waals surface area (Å²) in [5.41, 5.74) is 0.807. The highest BCUT2D eigenvalue weighted by Gasteiger charge is 2.13. The molecule has 0 bridgehead atoms. The predicted molar refractivity (Wildman–Crippen MR) is 76.2 cm³/mol. The molecule has 0 saturated heterocycles. The number of rotatable bonds is 7. The second-order valence-corrected chi connectivity index (χ2v) is 5.17. The number of hydrogen-bond acceptors (Lipinski definition) is 3. The van der Waals surface area contributed by atoms with Crippen LogP contribution in [0.15, 0.2) is 16.6 Å². The van der Waals surface area contributed by atoms with Gasteiger partial charge in [0.2, 0.25) is 0 Å².